The van der Waals surface area contributed by atoms with E-state index in [1.165, 1.54) is 23.5 Å². The molecule has 2 unspecified atom stereocenters. The Balaban J connectivity index is 0.904. The smallest absolute Gasteiger partial charge is 0.423 e. The van der Waals surface area contributed by atoms with Crippen LogP contribution in [0.1, 0.15) is 72.9 Å². The van der Waals surface area contributed by atoms with Crippen LogP contribution in [0.2, 0.25) is 0 Å². The van der Waals surface area contributed by atoms with Crippen molar-refractivity contribution >= 4 is 58.9 Å². The van der Waals surface area contributed by atoms with Crippen LogP contribution in [0.15, 0.2) is 118 Å². The molecule has 4 aromatic carbocycles. The Morgan fingerprint density at radius 3 is 1.34 bits per heavy atom. The number of urea groups is 2. The van der Waals surface area contributed by atoms with Gasteiger partial charge in [0.05, 0.1) is 25.7 Å². The molecule has 18 heteroatoms. The fourth-order valence-electron chi connectivity index (χ4n) is 7.90. The number of anilines is 2. The van der Waals surface area contributed by atoms with Gasteiger partial charge in [-0.05, 0) is 124 Å². The third-order valence-corrected chi connectivity index (χ3v) is 13.6. The summed E-state index contributed by atoms with van der Waals surface area (Å²) in [5.74, 6) is 1.04. The molecule has 6 aromatic rings. The van der Waals surface area contributed by atoms with Crippen LogP contribution in [0, 0.1) is 0 Å². The first-order chi connectivity index (χ1) is 33.2. The minimum atomic E-state index is -1.21. The molecule has 0 bridgehead atoms. The van der Waals surface area contributed by atoms with Crippen LogP contribution in [0.4, 0.5) is 21.0 Å². The van der Waals surface area contributed by atoms with Crippen LogP contribution in [0.25, 0.3) is 22.6 Å². The molecule has 354 valence electrons. The second kappa shape index (κ2) is 23.4. The lowest BCUT2D eigenvalue weighted by molar-refractivity contribution is -0.156. The molecule has 0 aliphatic carbocycles. The molecular weight excluding hydrogens is 905 g/mol. The van der Waals surface area contributed by atoms with E-state index >= 15 is 0 Å². The quantitative estimate of drug-likeness (QED) is 0.0361. The van der Waals surface area contributed by atoms with Gasteiger partial charge in [0, 0.05) is 33.6 Å². The number of carbonyl (C=O) groups is 4. The van der Waals surface area contributed by atoms with Crippen molar-refractivity contribution < 1.29 is 37.5 Å². The van der Waals surface area contributed by atoms with Crippen LogP contribution in [0.3, 0.4) is 0 Å². The Hall–Kier alpha value is -6.60. The molecule has 68 heavy (non-hydrogen) atoms. The molecular formula is C50H54N8O8S2. The second-order valence-electron chi connectivity index (χ2n) is 16.0. The number of likely N-dealkylation sites (tertiary alicyclic amines) is 2. The molecule has 2 aliphatic rings. The van der Waals surface area contributed by atoms with Gasteiger partial charge in [0.15, 0.2) is 11.5 Å². The predicted molar refractivity (Wildman–Crippen MR) is 264 cm³/mol. The first-order valence-corrected chi connectivity index (χ1v) is 24.9. The van der Waals surface area contributed by atoms with E-state index in [1.54, 1.807) is 73.1 Å². The largest absolute Gasteiger partial charge is 0.439 e. The van der Waals surface area contributed by atoms with E-state index < -0.39 is 22.4 Å². The minimum Gasteiger partial charge on any atom is -0.439 e. The Labute approximate surface area is 403 Å². The Morgan fingerprint density at radius 2 is 0.956 bits per heavy atom. The normalized spacial score (nSPS) is 14.8. The van der Waals surface area contributed by atoms with Crippen LogP contribution in [-0.2, 0) is 9.59 Å². The van der Waals surface area contributed by atoms with E-state index in [9.17, 15) is 19.2 Å². The van der Waals surface area contributed by atoms with Gasteiger partial charge < -0.3 is 39.6 Å². The van der Waals surface area contributed by atoms with Gasteiger partial charge in [-0.2, -0.15) is 0 Å². The summed E-state index contributed by atoms with van der Waals surface area (Å²) >= 11 is 3.05. The molecule has 2 saturated heterocycles. The maximum atomic E-state index is 13.5. The highest BCUT2D eigenvalue weighted by Crippen LogP contribution is 2.43. The van der Waals surface area contributed by atoms with Crippen molar-refractivity contribution in [1.82, 2.24) is 30.4 Å². The number of aromatic nitrogens is 2. The average Bonchev–Trinajstić information content (AvgIpc) is 4.22. The zero-order valence-corrected chi connectivity index (χ0v) is 39.5. The summed E-state index contributed by atoms with van der Waals surface area (Å²) in [6.07, 6.45) is 7.85. The van der Waals surface area contributed by atoms with Gasteiger partial charge in [0.2, 0.25) is 11.8 Å². The minimum absolute atomic E-state index is 0.156. The lowest BCUT2D eigenvalue weighted by Crippen LogP contribution is -2.38. The summed E-state index contributed by atoms with van der Waals surface area (Å²) in [7, 11) is 0. The molecule has 2 atom stereocenters. The number of oxazole rings is 2. The van der Waals surface area contributed by atoms with Crippen LogP contribution < -0.4 is 30.7 Å². The van der Waals surface area contributed by atoms with Gasteiger partial charge in [-0.15, -0.1) is 23.5 Å². The van der Waals surface area contributed by atoms with Crippen molar-refractivity contribution in [3.63, 3.8) is 0 Å². The number of hydrogen-bond donors (Lipinski definition) is 4. The molecule has 0 radical (unpaired) electrons. The summed E-state index contributed by atoms with van der Waals surface area (Å²) in [5, 5.41) is 10.6. The highest BCUT2D eigenvalue weighted by molar-refractivity contribution is 7.99. The van der Waals surface area contributed by atoms with Crippen molar-refractivity contribution in [2.75, 3.05) is 61.7 Å². The van der Waals surface area contributed by atoms with Gasteiger partial charge in [-0.1, -0.05) is 50.2 Å². The van der Waals surface area contributed by atoms with Gasteiger partial charge in [-0.25, -0.2) is 29.1 Å². The van der Waals surface area contributed by atoms with Crippen LogP contribution in [0.5, 0.6) is 11.5 Å². The number of para-hydroxylation sites is 2. The van der Waals surface area contributed by atoms with Gasteiger partial charge in [0.1, 0.15) is 22.0 Å². The molecule has 2 aromatic heterocycles. The number of carbonyl (C=O) groups excluding carboxylic acids is 4. The van der Waals surface area contributed by atoms with E-state index in [0.29, 0.717) is 70.6 Å². The van der Waals surface area contributed by atoms with E-state index in [1.807, 2.05) is 50.2 Å². The second-order valence-corrected chi connectivity index (χ2v) is 18.8. The molecule has 8 rings (SSSR count). The first kappa shape index (κ1) is 47.9. The average molecular weight is 959 g/mol. The van der Waals surface area contributed by atoms with Gasteiger partial charge >= 0.3 is 24.0 Å². The van der Waals surface area contributed by atoms with E-state index in [4.69, 9.17) is 18.3 Å². The topological polar surface area (TPSA) is 193 Å². The zero-order chi connectivity index (χ0) is 47.2. The summed E-state index contributed by atoms with van der Waals surface area (Å²) < 4.78 is 24.1. The predicted octanol–water partition coefficient (Wildman–Crippen LogP) is 9.54. The number of esters is 2. The van der Waals surface area contributed by atoms with E-state index in [2.05, 4.69) is 41.0 Å². The SMILES string of the molecule is CCSC(c1ncc(-c2ccc(NC(=O)NCN3CCCC3)cc2)o1)c1ccccc1OC(=O)C(=O)Oc1ccccc1C(SCC)c1ncc(-c2ccc(NC(=O)NCN3CCCC3)cc2)o1. The number of nitrogens with zero attached hydrogens (tertiary/aromatic N) is 4. The molecule has 2 aliphatic heterocycles. The van der Waals surface area contributed by atoms with Crippen molar-refractivity contribution in [3.05, 3.63) is 132 Å². The first-order valence-electron chi connectivity index (χ1n) is 22.8. The molecule has 0 spiro atoms. The molecule has 0 saturated carbocycles. The van der Waals surface area contributed by atoms with Crippen LogP contribution in [-0.4, -0.2) is 94.8 Å². The number of hydrogen-bond acceptors (Lipinski definition) is 14. The summed E-state index contributed by atoms with van der Waals surface area (Å²) in [4.78, 5) is 65.6. The number of amides is 4. The van der Waals surface area contributed by atoms with E-state index in [0.717, 1.165) is 63.0 Å². The summed E-state index contributed by atoms with van der Waals surface area (Å²) in [6.45, 7) is 8.96. The molecule has 16 nitrogen and oxygen atoms in total. The molecule has 2 fully saturated rings. The lowest BCUT2D eigenvalue weighted by Gasteiger charge is -2.18. The highest BCUT2D eigenvalue weighted by atomic mass is 32.2. The van der Waals surface area contributed by atoms with Crippen molar-refractivity contribution in [2.24, 2.45) is 0 Å². The van der Waals surface area contributed by atoms with Crippen LogP contribution >= 0.6 is 23.5 Å². The number of benzene rings is 4. The highest BCUT2D eigenvalue weighted by Gasteiger charge is 2.30. The lowest BCUT2D eigenvalue weighted by atomic mass is 10.1. The fourth-order valence-corrected chi connectivity index (χ4v) is 9.82. The van der Waals surface area contributed by atoms with Crippen molar-refractivity contribution in [2.45, 2.75) is 50.0 Å². The summed E-state index contributed by atoms with van der Waals surface area (Å²) in [6, 6.07) is 27.9. The van der Waals surface area contributed by atoms with Gasteiger partial charge in [0.25, 0.3) is 0 Å². The standard InChI is InChI=1S/C50H54N8O8S2/c1-3-67-43(45-51-29-41(63-45)33-17-21-35(22-18-33)55-49(61)53-31-57-25-9-10-26-57)37-13-5-7-15-39(37)65-47(59)48(60)66-40-16-8-6-14-38(40)44(68-4-2)46-52-30-42(64-46)34-19-23-36(24-20-34)56-50(62)54-32-58-27-11-12-28-58/h5-8,13-24,29-30,43-44H,3-4,9-12,25-28,31-32H2,1-2H3,(H2,53,55,61)(H2,54,56,62). The third-order valence-electron chi connectivity index (χ3n) is 11.3. The number of thioether (sulfide) groups is 2. The fraction of sp³-hybridized carbons (Fsp3) is 0.320. The molecule has 4 amide bonds. The monoisotopic (exact) mass is 958 g/mol. The maximum Gasteiger partial charge on any atom is 0.423 e. The number of rotatable bonds is 18. The van der Waals surface area contributed by atoms with Crippen molar-refractivity contribution in [3.8, 4) is 34.1 Å². The zero-order valence-electron chi connectivity index (χ0n) is 37.9. The van der Waals surface area contributed by atoms with E-state index in [-0.39, 0.29) is 23.6 Å². The molecule has 4 heterocycles. The third kappa shape index (κ3) is 12.5. The number of nitrogens with one attached hydrogen (secondary N) is 4. The summed E-state index contributed by atoms with van der Waals surface area (Å²) in [5.41, 5.74) is 3.95. The number of ether oxygens (including phenoxy) is 2. The molecule has 4 N–H and O–H groups in total. The van der Waals surface area contributed by atoms with Crippen molar-refractivity contribution in [1.29, 1.82) is 0 Å². The Kier molecular flexibility index (Phi) is 16.5. The van der Waals surface area contributed by atoms with Gasteiger partial charge in [-0.3, -0.25) is 9.80 Å². The maximum absolute atomic E-state index is 13.5. The Bertz CT molecular complexity index is 2460. The Morgan fingerprint density at radius 1 is 0.574 bits per heavy atom.